The lowest BCUT2D eigenvalue weighted by atomic mass is 10.2. The summed E-state index contributed by atoms with van der Waals surface area (Å²) in [4.78, 5) is 10.1. The van der Waals surface area contributed by atoms with Crippen molar-refractivity contribution in [2.75, 3.05) is 5.32 Å². The molecular formula is C19H16N4O6S. The second-order valence-electron chi connectivity index (χ2n) is 6.25. The van der Waals surface area contributed by atoms with Gasteiger partial charge < -0.3 is 10.4 Å². The molecule has 3 aromatic carbocycles. The van der Waals surface area contributed by atoms with E-state index in [1.165, 1.54) is 18.2 Å². The van der Waals surface area contributed by atoms with E-state index in [2.05, 4.69) is 15.5 Å². The van der Waals surface area contributed by atoms with Crippen molar-refractivity contribution in [2.45, 2.75) is 11.8 Å². The zero-order valence-electron chi connectivity index (χ0n) is 15.6. The summed E-state index contributed by atoms with van der Waals surface area (Å²) in [7, 11) is -4.31. The highest BCUT2D eigenvalue weighted by Gasteiger charge is 2.29. The van der Waals surface area contributed by atoms with Crippen molar-refractivity contribution in [1.82, 2.24) is 0 Å². The third kappa shape index (κ3) is 5.03. The molecule has 10 nitrogen and oxygen atoms in total. The molecule has 11 heteroatoms. The maximum atomic E-state index is 11.3. The largest absolute Gasteiger partial charge is 0.872 e. The fraction of sp³-hybridized carbons (Fsp3) is 0.0526. The number of hydrogen-bond acceptors (Lipinski definition) is 7. The van der Waals surface area contributed by atoms with Crippen LogP contribution in [0.5, 0.6) is 5.75 Å². The minimum absolute atomic E-state index is 0.0788. The number of azo groups is 1. The summed E-state index contributed by atoms with van der Waals surface area (Å²) in [5, 5.41) is 33.6. The van der Waals surface area contributed by atoms with Crippen LogP contribution in [0.3, 0.4) is 0 Å². The second kappa shape index (κ2) is 8.37. The van der Waals surface area contributed by atoms with Gasteiger partial charge in [0.1, 0.15) is 5.69 Å². The number of anilines is 2. The molecule has 0 bridgehead atoms. The third-order valence-electron chi connectivity index (χ3n) is 4.06. The lowest BCUT2D eigenvalue weighted by Gasteiger charge is -2.08. The van der Waals surface area contributed by atoms with E-state index in [4.69, 9.17) is 0 Å². The number of nitrogens with one attached hydrogen (secondary N) is 1. The van der Waals surface area contributed by atoms with Crippen molar-refractivity contribution in [3.63, 3.8) is 0 Å². The summed E-state index contributed by atoms with van der Waals surface area (Å²) in [5.41, 5.74) is 1.91. The second-order valence-corrected chi connectivity index (χ2v) is 7.72. The molecule has 0 saturated heterocycles. The van der Waals surface area contributed by atoms with Gasteiger partial charge in [0.25, 0.3) is 5.69 Å². The molecule has 154 valence electrons. The lowest BCUT2D eigenvalue weighted by molar-refractivity contribution is -0.384. The van der Waals surface area contributed by atoms with Crippen molar-refractivity contribution >= 4 is 38.9 Å². The number of nitro benzene ring substituents is 1. The van der Waals surface area contributed by atoms with E-state index in [0.717, 1.165) is 12.1 Å². The number of rotatable bonds is 6. The molecule has 0 aliphatic rings. The fourth-order valence-corrected chi connectivity index (χ4v) is 3.06. The number of nitrogens with zero attached hydrogens (tertiary/aromatic N) is 3. The van der Waals surface area contributed by atoms with Crippen LogP contribution >= 0.6 is 0 Å². The van der Waals surface area contributed by atoms with E-state index in [9.17, 15) is 28.5 Å². The quantitative estimate of drug-likeness (QED) is 0.217. The van der Waals surface area contributed by atoms with E-state index < -0.39 is 26.0 Å². The van der Waals surface area contributed by atoms with Crippen molar-refractivity contribution in [2.24, 2.45) is 10.2 Å². The van der Waals surface area contributed by atoms with Gasteiger partial charge in [-0.05, 0) is 53.1 Å². The van der Waals surface area contributed by atoms with Gasteiger partial charge >= 0.3 is 10.5 Å². The van der Waals surface area contributed by atoms with Gasteiger partial charge in [-0.3, -0.25) is 10.1 Å². The van der Waals surface area contributed by atoms with Crippen LogP contribution in [0.4, 0.5) is 28.4 Å². The molecule has 0 radical (unpaired) electrons. The summed E-state index contributed by atoms with van der Waals surface area (Å²) in [6.07, 6.45) is 0. The summed E-state index contributed by atoms with van der Waals surface area (Å²) < 4.78 is 29.7. The first-order valence-corrected chi connectivity index (χ1v) is 9.95. The first-order valence-electron chi connectivity index (χ1n) is 8.47. The Morgan fingerprint density at radius 3 is 2.30 bits per heavy atom. The minimum atomic E-state index is -4.31. The number of aryl methyl sites for hydroxylation is 1. The molecule has 3 aromatic rings. The monoisotopic (exact) mass is 428 g/mol. The minimum Gasteiger partial charge on any atom is -0.872 e. The Bertz CT molecular complexity index is 1170. The van der Waals surface area contributed by atoms with E-state index in [0.29, 0.717) is 22.6 Å². The van der Waals surface area contributed by atoms with Gasteiger partial charge in [-0.25, -0.2) is 0 Å². The predicted octanol–water partition coefficient (Wildman–Crippen LogP) is 4.94. The van der Waals surface area contributed by atoms with Crippen LogP contribution in [0.25, 0.3) is 0 Å². The van der Waals surface area contributed by atoms with Crippen molar-refractivity contribution in [3.05, 3.63) is 76.3 Å². The van der Waals surface area contributed by atoms with Gasteiger partial charge in [0.05, 0.1) is 22.4 Å². The average Bonchev–Trinajstić information content (AvgIpc) is 2.68. The molecule has 0 amide bonds. The normalized spacial score (nSPS) is 11.6. The zero-order chi connectivity index (χ0) is 21.9. The lowest BCUT2D eigenvalue weighted by Crippen LogP contribution is -2.08. The van der Waals surface area contributed by atoms with Crippen LogP contribution in [0, 0.1) is 17.0 Å². The van der Waals surface area contributed by atoms with Crippen molar-refractivity contribution in [3.8, 4) is 5.75 Å². The first-order chi connectivity index (χ1) is 14.1. The van der Waals surface area contributed by atoms with Crippen LogP contribution in [0.15, 0.2) is 75.8 Å². The smallest absolute Gasteiger partial charge is 0.386 e. The molecule has 3 N–H and O–H groups in total. The number of nitro groups is 1. The Balaban J connectivity index is 1.79. The molecule has 0 unspecified atom stereocenters. The Morgan fingerprint density at radius 1 is 1.00 bits per heavy atom. The number of hydrogen-bond donors (Lipinski definition) is 3. The molecule has 0 spiro atoms. The standard InChI is InChI=1S/C19H16N4O6S/c1-12-10-15(24)6-8-17(12)22-21-14-4-2-13(3-5-14)20-18-9-7-16(30(27,28)29)11-19(18)23(25)26/h2-11H,1H3,(H3-,20,21,22,24,27,28,29). The van der Waals surface area contributed by atoms with Crippen LogP contribution in [-0.4, -0.2) is 14.0 Å². The molecule has 0 fully saturated rings. The number of benzene rings is 3. The molecule has 0 saturated carbocycles. The van der Waals surface area contributed by atoms with E-state index >= 15 is 0 Å². The van der Waals surface area contributed by atoms with Crippen molar-refractivity contribution in [1.29, 1.82) is 0 Å². The Morgan fingerprint density at radius 2 is 1.70 bits per heavy atom. The highest BCUT2D eigenvalue weighted by molar-refractivity contribution is 7.92. The molecule has 30 heavy (non-hydrogen) atoms. The van der Waals surface area contributed by atoms with Gasteiger partial charge in [0.15, 0.2) is 0 Å². The van der Waals surface area contributed by atoms with Gasteiger partial charge in [-0.2, -0.15) is 19.3 Å². The van der Waals surface area contributed by atoms with Crippen LogP contribution in [0.1, 0.15) is 5.56 Å². The maximum absolute atomic E-state index is 11.3. The van der Waals surface area contributed by atoms with E-state index in [1.54, 1.807) is 37.3 Å². The Kier molecular flexibility index (Phi) is 5.87. The fourth-order valence-electron chi connectivity index (χ4n) is 2.55. The molecular weight excluding hydrogens is 412 g/mol. The first kappa shape index (κ1) is 21.0. The highest BCUT2D eigenvalue weighted by Crippen LogP contribution is 2.32. The average molecular weight is 428 g/mol. The molecule has 0 aromatic heterocycles. The third-order valence-corrected chi connectivity index (χ3v) is 4.93. The van der Waals surface area contributed by atoms with Gasteiger partial charge in [-0.15, -0.1) is 5.75 Å². The summed E-state index contributed by atoms with van der Waals surface area (Å²) >= 11 is 0. The van der Waals surface area contributed by atoms with Crippen molar-refractivity contribution < 1.29 is 23.3 Å². The Labute approximate surface area is 172 Å². The summed E-state index contributed by atoms with van der Waals surface area (Å²) in [6, 6.07) is 14.2. The van der Waals surface area contributed by atoms with Crippen LogP contribution in [0.2, 0.25) is 0 Å². The van der Waals surface area contributed by atoms with Gasteiger partial charge in [0, 0.05) is 11.8 Å². The van der Waals surface area contributed by atoms with E-state index in [-0.39, 0.29) is 11.4 Å². The summed E-state index contributed by atoms with van der Waals surface area (Å²) in [5.74, 6) is -0.107. The summed E-state index contributed by atoms with van der Waals surface area (Å²) in [6.45, 7) is 1.76. The van der Waals surface area contributed by atoms with Crippen LogP contribution in [-0.2, 0) is 14.7 Å². The molecule has 3 rings (SSSR count). The molecule has 0 aliphatic heterocycles. The van der Waals surface area contributed by atoms with Crippen LogP contribution < -0.4 is 10.4 Å². The molecule has 0 atom stereocenters. The molecule has 0 aliphatic carbocycles. The van der Waals surface area contributed by atoms with E-state index in [1.807, 2.05) is 0 Å². The maximum Gasteiger partial charge on any atom is 0.386 e. The molecule has 0 heterocycles. The SMILES string of the molecule is Cc1cc([O-])ccc1N=Nc1ccc(Nc2ccc([S+](=O)(O)O)cc2[N+](=O)[O-])cc1. The zero-order valence-corrected chi connectivity index (χ0v) is 16.4. The predicted molar refractivity (Wildman–Crippen MR) is 109 cm³/mol. The van der Waals surface area contributed by atoms with Gasteiger partial charge in [-0.1, -0.05) is 12.1 Å². The Hall–Kier alpha value is -3.67. The highest BCUT2D eigenvalue weighted by atomic mass is 32.3. The van der Waals surface area contributed by atoms with Gasteiger partial charge in [0.2, 0.25) is 4.90 Å². The topological polar surface area (TPSA) is 160 Å².